The number of rotatable bonds is 3. The third-order valence-corrected chi connectivity index (χ3v) is 5.00. The predicted molar refractivity (Wildman–Crippen MR) is 109 cm³/mol. The van der Waals surface area contributed by atoms with Gasteiger partial charge in [0, 0.05) is 16.8 Å². The number of Topliss-reactive ketones (excluding diaryl/α,β-unsaturated/α-hetero) is 1. The van der Waals surface area contributed by atoms with Crippen molar-refractivity contribution in [1.82, 2.24) is 0 Å². The van der Waals surface area contributed by atoms with Crippen LogP contribution in [0, 0.1) is 12.7 Å². The van der Waals surface area contributed by atoms with E-state index in [-0.39, 0.29) is 16.9 Å². The van der Waals surface area contributed by atoms with Crippen LogP contribution in [0.3, 0.4) is 0 Å². The zero-order chi connectivity index (χ0) is 20.5. The third kappa shape index (κ3) is 3.21. The average Bonchev–Trinajstić information content (AvgIpc) is 3.00. The summed E-state index contributed by atoms with van der Waals surface area (Å²) in [5, 5.41) is 10.9. The molecule has 5 heteroatoms. The molecule has 4 rings (SSSR count). The van der Waals surface area contributed by atoms with Crippen molar-refractivity contribution in [3.63, 3.8) is 0 Å². The van der Waals surface area contributed by atoms with E-state index in [1.165, 1.54) is 23.1 Å². The normalized spacial score (nSPS) is 18.3. The van der Waals surface area contributed by atoms with Gasteiger partial charge < -0.3 is 5.11 Å². The van der Waals surface area contributed by atoms with Crippen LogP contribution in [0.15, 0.2) is 84.4 Å². The van der Waals surface area contributed by atoms with E-state index >= 15 is 0 Å². The number of benzene rings is 3. The van der Waals surface area contributed by atoms with Crippen LogP contribution < -0.4 is 4.90 Å². The van der Waals surface area contributed by atoms with Gasteiger partial charge in [0.05, 0.1) is 11.6 Å². The second kappa shape index (κ2) is 7.36. The number of halogens is 1. The smallest absolute Gasteiger partial charge is 0.300 e. The summed E-state index contributed by atoms with van der Waals surface area (Å²) in [6.07, 6.45) is 0. The lowest BCUT2D eigenvalue weighted by molar-refractivity contribution is -0.132. The monoisotopic (exact) mass is 387 g/mol. The summed E-state index contributed by atoms with van der Waals surface area (Å²) in [6.45, 7) is 1.90. The second-order valence-electron chi connectivity index (χ2n) is 6.89. The summed E-state index contributed by atoms with van der Waals surface area (Å²) in [4.78, 5) is 27.1. The lowest BCUT2D eigenvalue weighted by atomic mass is 9.94. The van der Waals surface area contributed by atoms with Crippen molar-refractivity contribution in [1.29, 1.82) is 0 Å². The van der Waals surface area contributed by atoms with Gasteiger partial charge in [-0.2, -0.15) is 0 Å². The van der Waals surface area contributed by atoms with Crippen molar-refractivity contribution >= 4 is 23.1 Å². The van der Waals surface area contributed by atoms with E-state index in [4.69, 9.17) is 0 Å². The predicted octanol–water partition coefficient (Wildman–Crippen LogP) is 4.76. The molecule has 1 heterocycles. The molecule has 0 aliphatic carbocycles. The van der Waals surface area contributed by atoms with Gasteiger partial charge in [0.1, 0.15) is 11.6 Å². The summed E-state index contributed by atoms with van der Waals surface area (Å²) in [6, 6.07) is 20.4. The highest BCUT2D eigenvalue weighted by Gasteiger charge is 2.47. The standard InChI is InChI=1S/C24H18FNO3/c1-15-11-13-16(14-12-15)22(27)20-21(18-9-5-6-10-19(18)25)26(24(29)23(20)28)17-7-3-2-4-8-17/h2-14,21,27H,1H3. The van der Waals surface area contributed by atoms with Crippen LogP contribution in [0.1, 0.15) is 22.7 Å². The van der Waals surface area contributed by atoms with Gasteiger partial charge in [-0.15, -0.1) is 0 Å². The Morgan fingerprint density at radius 2 is 1.52 bits per heavy atom. The highest BCUT2D eigenvalue weighted by atomic mass is 19.1. The molecule has 3 aromatic carbocycles. The number of ketones is 1. The summed E-state index contributed by atoms with van der Waals surface area (Å²) in [5.74, 6) is -2.54. The topological polar surface area (TPSA) is 57.6 Å². The number of aryl methyl sites for hydroxylation is 1. The fourth-order valence-corrected chi connectivity index (χ4v) is 3.55. The Labute approximate surface area is 167 Å². The molecule has 0 spiro atoms. The van der Waals surface area contributed by atoms with Gasteiger partial charge in [-0.25, -0.2) is 4.39 Å². The first-order chi connectivity index (χ1) is 14.0. The number of amides is 1. The lowest BCUT2D eigenvalue weighted by Gasteiger charge is -2.25. The zero-order valence-electron chi connectivity index (χ0n) is 15.7. The fourth-order valence-electron chi connectivity index (χ4n) is 3.55. The van der Waals surface area contributed by atoms with E-state index in [9.17, 15) is 19.1 Å². The lowest BCUT2D eigenvalue weighted by Crippen LogP contribution is -2.29. The Balaban J connectivity index is 1.97. The van der Waals surface area contributed by atoms with Gasteiger partial charge >= 0.3 is 0 Å². The van der Waals surface area contributed by atoms with E-state index in [1.807, 2.05) is 6.92 Å². The summed E-state index contributed by atoms with van der Waals surface area (Å²) in [7, 11) is 0. The molecule has 4 nitrogen and oxygen atoms in total. The van der Waals surface area contributed by atoms with E-state index in [0.717, 1.165) is 5.56 Å². The molecule has 1 aliphatic heterocycles. The molecular formula is C24H18FNO3. The number of aliphatic hydroxyl groups is 1. The van der Waals surface area contributed by atoms with E-state index in [2.05, 4.69) is 0 Å². The van der Waals surface area contributed by atoms with Gasteiger partial charge in [-0.3, -0.25) is 14.5 Å². The molecule has 3 aromatic rings. The highest BCUT2D eigenvalue weighted by Crippen LogP contribution is 2.42. The molecule has 1 aliphatic rings. The number of hydrogen-bond donors (Lipinski definition) is 1. The number of nitrogens with zero attached hydrogens (tertiary/aromatic N) is 1. The molecule has 1 atom stereocenters. The highest BCUT2D eigenvalue weighted by molar-refractivity contribution is 6.51. The van der Waals surface area contributed by atoms with Crippen LogP contribution in [0.25, 0.3) is 5.76 Å². The van der Waals surface area contributed by atoms with E-state index in [1.54, 1.807) is 60.7 Å². The second-order valence-corrected chi connectivity index (χ2v) is 6.89. The maximum absolute atomic E-state index is 14.7. The first kappa shape index (κ1) is 18.6. The van der Waals surface area contributed by atoms with Crippen molar-refractivity contribution in [3.8, 4) is 0 Å². The molecule has 1 amide bonds. The van der Waals surface area contributed by atoms with Crippen molar-refractivity contribution in [2.45, 2.75) is 13.0 Å². The molecule has 0 bridgehead atoms. The molecule has 1 saturated heterocycles. The van der Waals surface area contributed by atoms with Gasteiger partial charge in [0.15, 0.2) is 0 Å². The molecule has 1 N–H and O–H groups in total. The Morgan fingerprint density at radius 1 is 0.897 bits per heavy atom. The molecule has 1 unspecified atom stereocenters. The molecule has 1 fully saturated rings. The van der Waals surface area contributed by atoms with Crippen LogP contribution in [-0.2, 0) is 9.59 Å². The SMILES string of the molecule is Cc1ccc(C(O)=C2C(=O)C(=O)N(c3ccccc3)C2c2ccccc2F)cc1. The Bertz CT molecular complexity index is 1120. The molecule has 0 aromatic heterocycles. The minimum Gasteiger partial charge on any atom is -0.507 e. The Hall–Kier alpha value is -3.73. The van der Waals surface area contributed by atoms with Crippen molar-refractivity contribution in [3.05, 3.63) is 107 Å². The number of para-hydroxylation sites is 1. The van der Waals surface area contributed by atoms with Crippen LogP contribution >= 0.6 is 0 Å². The summed E-state index contributed by atoms with van der Waals surface area (Å²) in [5.41, 5.74) is 1.84. The first-order valence-electron chi connectivity index (χ1n) is 9.16. The maximum atomic E-state index is 14.7. The van der Waals surface area contributed by atoms with E-state index < -0.39 is 23.5 Å². The van der Waals surface area contributed by atoms with Crippen LogP contribution in [0.4, 0.5) is 10.1 Å². The minimum absolute atomic E-state index is 0.132. The summed E-state index contributed by atoms with van der Waals surface area (Å²) < 4.78 is 14.7. The van der Waals surface area contributed by atoms with Crippen LogP contribution in [0.2, 0.25) is 0 Å². The molecule has 0 saturated carbocycles. The largest absolute Gasteiger partial charge is 0.507 e. The van der Waals surface area contributed by atoms with Gasteiger partial charge in [-0.05, 0) is 25.1 Å². The average molecular weight is 387 g/mol. The van der Waals surface area contributed by atoms with Crippen molar-refractivity contribution < 1.29 is 19.1 Å². The number of anilines is 1. The number of aliphatic hydroxyl groups excluding tert-OH is 1. The Morgan fingerprint density at radius 3 is 2.17 bits per heavy atom. The molecule has 0 radical (unpaired) electrons. The number of carbonyl (C=O) groups is 2. The van der Waals surface area contributed by atoms with Gasteiger partial charge in [0.25, 0.3) is 11.7 Å². The zero-order valence-corrected chi connectivity index (χ0v) is 15.7. The van der Waals surface area contributed by atoms with Crippen molar-refractivity contribution in [2.75, 3.05) is 4.90 Å². The third-order valence-electron chi connectivity index (χ3n) is 5.00. The van der Waals surface area contributed by atoms with Crippen LogP contribution in [-0.4, -0.2) is 16.8 Å². The quantitative estimate of drug-likeness (QED) is 0.400. The number of hydrogen-bond acceptors (Lipinski definition) is 3. The molecule has 29 heavy (non-hydrogen) atoms. The molecular weight excluding hydrogens is 369 g/mol. The minimum atomic E-state index is -1.07. The van der Waals surface area contributed by atoms with Crippen molar-refractivity contribution in [2.24, 2.45) is 0 Å². The van der Waals surface area contributed by atoms with Crippen LogP contribution in [0.5, 0.6) is 0 Å². The van der Waals surface area contributed by atoms with Gasteiger partial charge in [-0.1, -0.05) is 66.2 Å². The fraction of sp³-hybridized carbons (Fsp3) is 0.0833. The summed E-state index contributed by atoms with van der Waals surface area (Å²) >= 11 is 0. The van der Waals surface area contributed by atoms with E-state index in [0.29, 0.717) is 11.3 Å². The van der Waals surface area contributed by atoms with Gasteiger partial charge in [0.2, 0.25) is 0 Å². The Kier molecular flexibility index (Phi) is 4.72. The molecule has 144 valence electrons. The first-order valence-corrected chi connectivity index (χ1v) is 9.16. The number of carbonyl (C=O) groups excluding carboxylic acids is 2. The maximum Gasteiger partial charge on any atom is 0.300 e.